The molecule has 0 fully saturated rings. The van der Waals surface area contributed by atoms with Crippen LogP contribution in [0.1, 0.15) is 32.2 Å². The van der Waals surface area contributed by atoms with Crippen molar-refractivity contribution in [1.82, 2.24) is 9.97 Å². The normalized spacial score (nSPS) is 11.4. The zero-order valence-corrected chi connectivity index (χ0v) is 13.3. The highest BCUT2D eigenvalue weighted by Crippen LogP contribution is 2.22. The fourth-order valence-corrected chi connectivity index (χ4v) is 1.95. The van der Waals surface area contributed by atoms with Gasteiger partial charge in [0.25, 0.3) is 0 Å². The van der Waals surface area contributed by atoms with Gasteiger partial charge in [-0.3, -0.25) is 0 Å². The zero-order valence-electron chi connectivity index (χ0n) is 11.7. The summed E-state index contributed by atoms with van der Waals surface area (Å²) in [6.45, 7) is 6.83. The molecule has 3 nitrogen and oxygen atoms in total. The maximum Gasteiger partial charge on any atom is 0.137 e. The van der Waals surface area contributed by atoms with Crippen LogP contribution in [0, 0.1) is 0 Å². The highest BCUT2D eigenvalue weighted by atomic mass is 35.5. The van der Waals surface area contributed by atoms with Crippen molar-refractivity contribution in [2.75, 3.05) is 5.32 Å². The van der Waals surface area contributed by atoms with Crippen LogP contribution in [0.3, 0.4) is 0 Å². The van der Waals surface area contributed by atoms with Crippen molar-refractivity contribution in [3.8, 4) is 0 Å². The highest BCUT2D eigenvalue weighted by molar-refractivity contribution is 6.30. The third-order valence-electron chi connectivity index (χ3n) is 2.75. The Balaban J connectivity index is 2.13. The Morgan fingerprint density at radius 1 is 1.05 bits per heavy atom. The van der Waals surface area contributed by atoms with Gasteiger partial charge in [0.2, 0.25) is 0 Å². The van der Waals surface area contributed by atoms with Gasteiger partial charge in [-0.15, -0.1) is 0 Å². The standard InChI is InChI=1S/C15H17Cl2N3/c1-15(2,3)14-19-12(17)8-13(20-14)18-9-10-4-6-11(16)7-5-10/h4-8H,9H2,1-3H3,(H,18,19,20). The molecule has 20 heavy (non-hydrogen) atoms. The van der Waals surface area contributed by atoms with E-state index >= 15 is 0 Å². The van der Waals surface area contributed by atoms with Crippen molar-refractivity contribution in [3.05, 3.63) is 51.9 Å². The number of nitrogens with zero attached hydrogens (tertiary/aromatic N) is 2. The molecule has 0 atom stereocenters. The van der Waals surface area contributed by atoms with Crippen LogP contribution >= 0.6 is 23.2 Å². The van der Waals surface area contributed by atoms with Crippen LogP contribution < -0.4 is 5.32 Å². The van der Waals surface area contributed by atoms with Crippen LogP contribution in [-0.4, -0.2) is 9.97 Å². The second-order valence-electron chi connectivity index (χ2n) is 5.63. The molecule has 1 heterocycles. The van der Waals surface area contributed by atoms with Crippen LogP contribution in [0.15, 0.2) is 30.3 Å². The summed E-state index contributed by atoms with van der Waals surface area (Å²) in [4.78, 5) is 8.77. The van der Waals surface area contributed by atoms with Gasteiger partial charge in [-0.25, -0.2) is 9.97 Å². The molecule has 1 N–H and O–H groups in total. The summed E-state index contributed by atoms with van der Waals surface area (Å²) in [5.74, 6) is 1.45. The Morgan fingerprint density at radius 3 is 2.30 bits per heavy atom. The Labute approximate surface area is 129 Å². The lowest BCUT2D eigenvalue weighted by atomic mass is 9.96. The maximum atomic E-state index is 6.05. The van der Waals surface area contributed by atoms with E-state index in [0.29, 0.717) is 11.7 Å². The summed E-state index contributed by atoms with van der Waals surface area (Å²) in [5.41, 5.74) is 0.989. The van der Waals surface area contributed by atoms with Crippen molar-refractivity contribution >= 4 is 29.0 Å². The molecule has 0 aliphatic rings. The van der Waals surface area contributed by atoms with E-state index < -0.39 is 0 Å². The Morgan fingerprint density at radius 2 is 1.70 bits per heavy atom. The van der Waals surface area contributed by atoms with E-state index in [4.69, 9.17) is 23.2 Å². The predicted octanol–water partition coefficient (Wildman–Crippen LogP) is 4.69. The summed E-state index contributed by atoms with van der Waals surface area (Å²) in [5, 5.41) is 4.43. The quantitative estimate of drug-likeness (QED) is 0.836. The number of anilines is 1. The van der Waals surface area contributed by atoms with E-state index in [-0.39, 0.29) is 5.41 Å². The lowest BCUT2D eigenvalue weighted by Crippen LogP contribution is -2.17. The van der Waals surface area contributed by atoms with E-state index in [1.54, 1.807) is 6.07 Å². The molecule has 0 saturated carbocycles. The molecule has 1 aromatic carbocycles. The molecular weight excluding hydrogens is 293 g/mol. The van der Waals surface area contributed by atoms with Gasteiger partial charge in [-0.2, -0.15) is 0 Å². The van der Waals surface area contributed by atoms with Crippen LogP contribution in [0.5, 0.6) is 0 Å². The smallest absolute Gasteiger partial charge is 0.137 e. The second-order valence-corrected chi connectivity index (χ2v) is 6.45. The van der Waals surface area contributed by atoms with Gasteiger partial charge in [0.1, 0.15) is 16.8 Å². The molecule has 0 aliphatic heterocycles. The highest BCUT2D eigenvalue weighted by Gasteiger charge is 2.18. The van der Waals surface area contributed by atoms with Crippen LogP contribution in [0.25, 0.3) is 0 Å². The molecule has 0 unspecified atom stereocenters. The number of aromatic nitrogens is 2. The lowest BCUT2D eigenvalue weighted by molar-refractivity contribution is 0.546. The van der Waals surface area contributed by atoms with E-state index in [1.807, 2.05) is 24.3 Å². The molecule has 0 saturated heterocycles. The molecule has 2 rings (SSSR count). The van der Waals surface area contributed by atoms with Gasteiger partial charge < -0.3 is 5.32 Å². The zero-order chi connectivity index (χ0) is 14.8. The first kappa shape index (κ1) is 15.1. The van der Waals surface area contributed by atoms with Gasteiger partial charge in [0.05, 0.1) is 0 Å². The third-order valence-corrected chi connectivity index (χ3v) is 3.20. The molecule has 0 bridgehead atoms. The number of nitrogens with one attached hydrogen (secondary N) is 1. The lowest BCUT2D eigenvalue weighted by Gasteiger charge is -2.17. The molecule has 106 valence electrons. The average molecular weight is 310 g/mol. The van der Waals surface area contributed by atoms with Crippen LogP contribution in [0.4, 0.5) is 5.82 Å². The van der Waals surface area contributed by atoms with Gasteiger partial charge in [0.15, 0.2) is 0 Å². The van der Waals surface area contributed by atoms with Gasteiger partial charge in [-0.05, 0) is 17.7 Å². The Hall–Kier alpha value is -1.32. The largest absolute Gasteiger partial charge is 0.366 e. The number of benzene rings is 1. The maximum absolute atomic E-state index is 6.05. The molecule has 1 aromatic heterocycles. The summed E-state index contributed by atoms with van der Waals surface area (Å²) >= 11 is 11.9. The van der Waals surface area contributed by atoms with Crippen molar-refractivity contribution in [1.29, 1.82) is 0 Å². The van der Waals surface area contributed by atoms with E-state index in [9.17, 15) is 0 Å². The van der Waals surface area contributed by atoms with Crippen molar-refractivity contribution in [2.45, 2.75) is 32.7 Å². The molecule has 0 radical (unpaired) electrons. The predicted molar refractivity (Wildman–Crippen MR) is 84.5 cm³/mol. The van der Waals surface area contributed by atoms with Gasteiger partial charge in [0, 0.05) is 23.0 Å². The minimum Gasteiger partial charge on any atom is -0.366 e. The molecule has 5 heteroatoms. The third kappa shape index (κ3) is 4.09. The van der Waals surface area contributed by atoms with E-state index in [0.717, 1.165) is 22.2 Å². The molecule has 2 aromatic rings. The molecule has 0 spiro atoms. The monoisotopic (exact) mass is 309 g/mol. The van der Waals surface area contributed by atoms with Crippen molar-refractivity contribution in [3.63, 3.8) is 0 Å². The molecule has 0 aliphatic carbocycles. The Kier molecular flexibility index (Phi) is 4.51. The summed E-state index contributed by atoms with van der Waals surface area (Å²) in [7, 11) is 0. The number of halogens is 2. The first-order chi connectivity index (χ1) is 9.34. The van der Waals surface area contributed by atoms with Crippen LogP contribution in [-0.2, 0) is 12.0 Å². The van der Waals surface area contributed by atoms with Gasteiger partial charge in [-0.1, -0.05) is 56.1 Å². The molecule has 0 amide bonds. The minimum absolute atomic E-state index is 0.137. The Bertz CT molecular complexity index is 589. The first-order valence-electron chi connectivity index (χ1n) is 6.38. The summed E-state index contributed by atoms with van der Waals surface area (Å²) in [6.07, 6.45) is 0. The van der Waals surface area contributed by atoms with Crippen LogP contribution in [0.2, 0.25) is 10.2 Å². The van der Waals surface area contributed by atoms with Crippen molar-refractivity contribution < 1.29 is 0 Å². The second kappa shape index (κ2) is 5.98. The fourth-order valence-electron chi connectivity index (χ4n) is 1.64. The fraction of sp³-hybridized carbons (Fsp3) is 0.333. The number of hydrogen-bond acceptors (Lipinski definition) is 3. The number of rotatable bonds is 3. The minimum atomic E-state index is -0.137. The van der Waals surface area contributed by atoms with E-state index in [2.05, 4.69) is 36.1 Å². The molecular formula is C15H17Cl2N3. The van der Waals surface area contributed by atoms with E-state index in [1.165, 1.54) is 0 Å². The van der Waals surface area contributed by atoms with Crippen molar-refractivity contribution in [2.24, 2.45) is 0 Å². The first-order valence-corrected chi connectivity index (χ1v) is 7.13. The number of hydrogen-bond donors (Lipinski definition) is 1. The van der Waals surface area contributed by atoms with Gasteiger partial charge >= 0.3 is 0 Å². The summed E-state index contributed by atoms with van der Waals surface area (Å²) < 4.78 is 0. The average Bonchev–Trinajstić information content (AvgIpc) is 2.36. The topological polar surface area (TPSA) is 37.8 Å². The summed E-state index contributed by atoms with van der Waals surface area (Å²) in [6, 6.07) is 9.41. The SMILES string of the molecule is CC(C)(C)c1nc(Cl)cc(NCc2ccc(Cl)cc2)n1.